The van der Waals surface area contributed by atoms with E-state index in [1.54, 1.807) is 12.1 Å². The molecule has 0 amide bonds. The fraction of sp³-hybridized carbons (Fsp3) is 0.417. The lowest BCUT2D eigenvalue weighted by Gasteiger charge is -2.18. The molecule has 0 radical (unpaired) electrons. The number of carbonyl (C=O) groups is 1. The summed E-state index contributed by atoms with van der Waals surface area (Å²) in [5.74, 6) is -1.27. The number of halogens is 1. The Bertz CT molecular complexity index is 532. The van der Waals surface area contributed by atoms with Crippen molar-refractivity contribution in [3.8, 4) is 0 Å². The van der Waals surface area contributed by atoms with E-state index in [1.165, 1.54) is 26.2 Å². The number of methoxy groups -OCH3 is 1. The molecule has 0 bridgehead atoms. The van der Waals surface area contributed by atoms with E-state index in [1.807, 2.05) is 6.92 Å². The lowest BCUT2D eigenvalue weighted by atomic mass is 10.2. The van der Waals surface area contributed by atoms with Gasteiger partial charge >= 0.3 is 5.97 Å². The van der Waals surface area contributed by atoms with Gasteiger partial charge in [0.1, 0.15) is 0 Å². The lowest BCUT2D eigenvalue weighted by molar-refractivity contribution is -0.142. The van der Waals surface area contributed by atoms with Crippen LogP contribution in [0.1, 0.15) is 12.5 Å². The van der Waals surface area contributed by atoms with Gasteiger partial charge in [-0.25, -0.2) is 8.42 Å². The predicted octanol–water partition coefficient (Wildman–Crippen LogP) is 1.94. The molecule has 6 heteroatoms. The summed E-state index contributed by atoms with van der Waals surface area (Å²) in [6.45, 7) is 3.18. The highest BCUT2D eigenvalue weighted by molar-refractivity contribution is 7.91. The topological polar surface area (TPSA) is 60.4 Å². The Morgan fingerprint density at radius 2 is 1.83 bits per heavy atom. The van der Waals surface area contributed by atoms with Gasteiger partial charge in [0.15, 0.2) is 14.7 Å². The standard InChI is InChI=1S/C12H15ClO4S/c1-9-4-6-10(7-5-9)18(15,16)8-12(2,13)11(14)17-3/h4-7H,8H2,1-3H3/t12-/m1/s1. The molecule has 100 valence electrons. The summed E-state index contributed by atoms with van der Waals surface area (Å²) < 4.78 is 28.7. The average Bonchev–Trinajstić information content (AvgIpc) is 2.27. The first-order valence-corrected chi connectivity index (χ1v) is 7.29. The van der Waals surface area contributed by atoms with E-state index >= 15 is 0 Å². The van der Waals surface area contributed by atoms with E-state index < -0.39 is 26.4 Å². The molecule has 18 heavy (non-hydrogen) atoms. The molecule has 1 atom stereocenters. The Kier molecular flexibility index (Phi) is 4.40. The maximum absolute atomic E-state index is 12.1. The van der Waals surface area contributed by atoms with Crippen LogP contribution < -0.4 is 0 Å². The van der Waals surface area contributed by atoms with Crippen LogP contribution in [0.5, 0.6) is 0 Å². The van der Waals surface area contributed by atoms with Crippen molar-refractivity contribution in [2.45, 2.75) is 23.6 Å². The molecule has 0 N–H and O–H groups in total. The van der Waals surface area contributed by atoms with Crippen molar-refractivity contribution in [3.63, 3.8) is 0 Å². The van der Waals surface area contributed by atoms with Gasteiger partial charge < -0.3 is 4.74 Å². The number of carbonyl (C=O) groups excluding carboxylic acids is 1. The molecular weight excluding hydrogens is 276 g/mol. The Morgan fingerprint density at radius 3 is 2.28 bits per heavy atom. The van der Waals surface area contributed by atoms with E-state index in [-0.39, 0.29) is 4.90 Å². The van der Waals surface area contributed by atoms with Crippen molar-refractivity contribution in [2.75, 3.05) is 12.9 Å². The van der Waals surface area contributed by atoms with E-state index in [0.29, 0.717) is 0 Å². The molecule has 0 aliphatic rings. The van der Waals surface area contributed by atoms with Crippen molar-refractivity contribution >= 4 is 27.4 Å². The summed E-state index contributed by atoms with van der Waals surface area (Å²) in [5, 5.41) is 0. The van der Waals surface area contributed by atoms with Gasteiger partial charge in [0.2, 0.25) is 0 Å². The van der Waals surface area contributed by atoms with Crippen LogP contribution in [-0.4, -0.2) is 32.1 Å². The molecule has 0 heterocycles. The van der Waals surface area contributed by atoms with E-state index in [4.69, 9.17) is 11.6 Å². The molecule has 0 saturated carbocycles. The van der Waals surface area contributed by atoms with Gasteiger partial charge in [0.25, 0.3) is 0 Å². The molecule has 0 aliphatic carbocycles. The predicted molar refractivity (Wildman–Crippen MR) is 69.5 cm³/mol. The monoisotopic (exact) mass is 290 g/mol. The first kappa shape index (κ1) is 15.0. The second-order valence-electron chi connectivity index (χ2n) is 4.26. The normalized spacial score (nSPS) is 14.9. The quantitative estimate of drug-likeness (QED) is 0.628. The first-order chi connectivity index (χ1) is 8.19. The molecule has 1 aromatic rings. The average molecular weight is 291 g/mol. The van der Waals surface area contributed by atoms with Gasteiger partial charge in [-0.15, -0.1) is 11.6 Å². The van der Waals surface area contributed by atoms with Gasteiger partial charge in [-0.2, -0.15) is 0 Å². The summed E-state index contributed by atoms with van der Waals surface area (Å²) in [6.07, 6.45) is 0. The third kappa shape index (κ3) is 3.46. The lowest BCUT2D eigenvalue weighted by Crippen LogP contribution is -2.37. The van der Waals surface area contributed by atoms with Crippen molar-refractivity contribution in [3.05, 3.63) is 29.8 Å². The molecule has 0 aromatic heterocycles. The third-order valence-electron chi connectivity index (χ3n) is 2.45. The highest BCUT2D eigenvalue weighted by Gasteiger charge is 2.37. The van der Waals surface area contributed by atoms with E-state index in [2.05, 4.69) is 4.74 Å². The highest BCUT2D eigenvalue weighted by Crippen LogP contribution is 2.23. The van der Waals surface area contributed by atoms with E-state index in [9.17, 15) is 13.2 Å². The first-order valence-electron chi connectivity index (χ1n) is 5.26. The second kappa shape index (κ2) is 5.28. The van der Waals surface area contributed by atoms with Crippen LogP contribution in [0.3, 0.4) is 0 Å². The van der Waals surface area contributed by atoms with Crippen LogP contribution in [0.4, 0.5) is 0 Å². The van der Waals surface area contributed by atoms with Gasteiger partial charge in [-0.1, -0.05) is 17.7 Å². The summed E-state index contributed by atoms with van der Waals surface area (Å²) in [6, 6.07) is 6.37. The molecule has 1 aromatic carbocycles. The second-order valence-corrected chi connectivity index (χ2v) is 7.08. The number of alkyl halides is 1. The molecule has 4 nitrogen and oxygen atoms in total. The van der Waals surface area contributed by atoms with Gasteiger partial charge in [0, 0.05) is 0 Å². The number of sulfone groups is 1. The minimum atomic E-state index is -3.62. The maximum atomic E-state index is 12.1. The summed E-state index contributed by atoms with van der Waals surface area (Å²) in [5.41, 5.74) is 0.954. The minimum Gasteiger partial charge on any atom is -0.468 e. The van der Waals surface area contributed by atoms with Crippen LogP contribution in [0.15, 0.2) is 29.2 Å². The van der Waals surface area contributed by atoms with Crippen molar-refractivity contribution in [1.82, 2.24) is 0 Å². The minimum absolute atomic E-state index is 0.142. The molecular formula is C12H15ClO4S. The zero-order chi connectivity index (χ0) is 14.0. The van der Waals surface area contributed by atoms with Crippen LogP contribution in [0, 0.1) is 6.92 Å². The highest BCUT2D eigenvalue weighted by atomic mass is 35.5. The number of benzene rings is 1. The fourth-order valence-electron chi connectivity index (χ4n) is 1.46. The smallest absolute Gasteiger partial charge is 0.327 e. The molecule has 0 unspecified atom stereocenters. The zero-order valence-corrected chi connectivity index (χ0v) is 12.0. The van der Waals surface area contributed by atoms with Crippen LogP contribution in [0.2, 0.25) is 0 Å². The molecule has 0 fully saturated rings. The van der Waals surface area contributed by atoms with Gasteiger partial charge in [0.05, 0.1) is 17.8 Å². The Hall–Kier alpha value is -1.07. The molecule has 0 spiro atoms. The number of ether oxygens (including phenoxy) is 1. The Morgan fingerprint density at radius 1 is 1.33 bits per heavy atom. The number of hydrogen-bond donors (Lipinski definition) is 0. The number of aryl methyl sites for hydroxylation is 1. The number of hydrogen-bond acceptors (Lipinski definition) is 4. The van der Waals surface area contributed by atoms with Crippen LogP contribution in [0.25, 0.3) is 0 Å². The fourth-order valence-corrected chi connectivity index (χ4v) is 3.51. The van der Waals surface area contributed by atoms with Crippen molar-refractivity contribution in [2.24, 2.45) is 0 Å². The summed E-state index contributed by atoms with van der Waals surface area (Å²) in [4.78, 5) is 9.94. The summed E-state index contributed by atoms with van der Waals surface area (Å²) >= 11 is 5.90. The third-order valence-corrected chi connectivity index (χ3v) is 4.85. The Balaban J connectivity index is 3.02. The molecule has 1 rings (SSSR count). The van der Waals surface area contributed by atoms with Crippen molar-refractivity contribution < 1.29 is 17.9 Å². The van der Waals surface area contributed by atoms with Crippen molar-refractivity contribution in [1.29, 1.82) is 0 Å². The van der Waals surface area contributed by atoms with E-state index in [0.717, 1.165) is 5.56 Å². The van der Waals surface area contributed by atoms with Gasteiger partial charge in [-0.3, -0.25) is 4.79 Å². The number of rotatable bonds is 4. The van der Waals surface area contributed by atoms with Gasteiger partial charge in [-0.05, 0) is 26.0 Å². The Labute approximate surface area is 112 Å². The maximum Gasteiger partial charge on any atom is 0.327 e. The summed E-state index contributed by atoms with van der Waals surface area (Å²) in [7, 11) is -2.45. The largest absolute Gasteiger partial charge is 0.468 e. The number of esters is 1. The SMILES string of the molecule is COC(=O)[C@](C)(Cl)CS(=O)(=O)c1ccc(C)cc1. The molecule has 0 aliphatic heterocycles. The molecule has 0 saturated heterocycles. The van der Waals surface area contributed by atoms with Crippen LogP contribution in [-0.2, 0) is 19.4 Å². The van der Waals surface area contributed by atoms with Crippen LogP contribution >= 0.6 is 11.6 Å². The zero-order valence-electron chi connectivity index (χ0n) is 10.4.